The van der Waals surface area contributed by atoms with Gasteiger partial charge >= 0.3 is 11.4 Å². The van der Waals surface area contributed by atoms with Gasteiger partial charge in [-0.2, -0.15) is 4.98 Å². The highest BCUT2D eigenvalue weighted by Crippen LogP contribution is 2.25. The van der Waals surface area contributed by atoms with Crippen LogP contribution in [0.5, 0.6) is 0 Å². The molecule has 0 bridgehead atoms. The van der Waals surface area contributed by atoms with Crippen LogP contribution in [0.3, 0.4) is 0 Å². The summed E-state index contributed by atoms with van der Waals surface area (Å²) in [5.41, 5.74) is 6.36. The number of aromatic amines is 3. The average Bonchev–Trinajstić information content (AvgIpc) is 3.68. The molecule has 4 heterocycles. The van der Waals surface area contributed by atoms with Crippen molar-refractivity contribution in [2.75, 3.05) is 65.0 Å². The van der Waals surface area contributed by atoms with Crippen molar-refractivity contribution >= 4 is 34.9 Å². The van der Waals surface area contributed by atoms with E-state index < -0.39 is 23.3 Å². The van der Waals surface area contributed by atoms with Gasteiger partial charge in [0.2, 0.25) is 17.8 Å². The normalized spacial score (nSPS) is 17.4. The standard InChI is InChI=1S/C29H38N8O9/c30-28-35-23-22(25(39)36-28)18(16-33-23)15-31-5-8-43-10-12-45-13-11-44-9-6-32-24(38)21-2-1-7-37(21)26(40)17-3-4-19-20(14-17)34-29(42)46-27(19)41/h3-4,16-17,21,31H,1-2,5-15H2,(H,32,38)(H,34,42)(H4,30,33,35,36,39)/t17?,21-/m0/s1. The molecule has 2 aliphatic rings. The number of nitrogens with two attached hydrogens (primary N) is 1. The molecule has 1 aliphatic carbocycles. The molecule has 2 atom stereocenters. The molecule has 2 amide bonds. The molecule has 3 aromatic heterocycles. The number of anilines is 1. The van der Waals surface area contributed by atoms with Gasteiger partial charge in [0.25, 0.3) is 5.56 Å². The summed E-state index contributed by atoms with van der Waals surface area (Å²) >= 11 is 0. The molecule has 1 saturated heterocycles. The minimum Gasteiger partial charge on any atom is -0.378 e. The number of ether oxygens (including phenoxy) is 3. The lowest BCUT2D eigenvalue weighted by atomic mass is 9.92. The van der Waals surface area contributed by atoms with Gasteiger partial charge in [-0.25, -0.2) is 9.59 Å². The van der Waals surface area contributed by atoms with Crippen molar-refractivity contribution < 1.29 is 28.2 Å². The molecular formula is C29H38N8O9. The fraction of sp³-hybridized carbons (Fsp3) is 0.517. The summed E-state index contributed by atoms with van der Waals surface area (Å²) in [7, 11) is 0. The first kappa shape index (κ1) is 32.8. The highest BCUT2D eigenvalue weighted by Gasteiger charge is 2.37. The minimum absolute atomic E-state index is 0.0653. The quantitative estimate of drug-likeness (QED) is 0.0990. The first-order valence-corrected chi connectivity index (χ1v) is 15.1. The van der Waals surface area contributed by atoms with E-state index in [0.29, 0.717) is 95.4 Å². The summed E-state index contributed by atoms with van der Waals surface area (Å²) in [6.45, 7) is 4.12. The van der Waals surface area contributed by atoms with Gasteiger partial charge in [-0.1, -0.05) is 6.08 Å². The van der Waals surface area contributed by atoms with Crippen LogP contribution in [0.1, 0.15) is 29.7 Å². The molecule has 1 unspecified atom stereocenters. The maximum Gasteiger partial charge on any atom is 0.419 e. The smallest absolute Gasteiger partial charge is 0.378 e. The number of hydrogen-bond donors (Lipinski definition) is 6. The zero-order valence-electron chi connectivity index (χ0n) is 25.2. The van der Waals surface area contributed by atoms with Crippen LogP contribution in [0.2, 0.25) is 0 Å². The van der Waals surface area contributed by atoms with Crippen LogP contribution >= 0.6 is 0 Å². The average molecular weight is 643 g/mol. The fourth-order valence-electron chi connectivity index (χ4n) is 5.53. The zero-order valence-corrected chi connectivity index (χ0v) is 25.2. The van der Waals surface area contributed by atoms with Crippen molar-refractivity contribution in [3.63, 3.8) is 0 Å². The molecule has 0 aromatic carbocycles. The van der Waals surface area contributed by atoms with E-state index in [1.54, 1.807) is 17.2 Å². The Morgan fingerprint density at radius 1 is 1.04 bits per heavy atom. The Hall–Kier alpha value is -4.58. The highest BCUT2D eigenvalue weighted by atomic mass is 16.5. The van der Waals surface area contributed by atoms with E-state index in [-0.39, 0.29) is 35.3 Å². The molecule has 46 heavy (non-hydrogen) atoms. The topological polar surface area (TPSA) is 240 Å². The summed E-state index contributed by atoms with van der Waals surface area (Å²) in [5.74, 6) is -1.86. The second kappa shape index (κ2) is 15.6. The number of rotatable bonds is 16. The number of hydrogen-bond acceptors (Lipinski definition) is 12. The summed E-state index contributed by atoms with van der Waals surface area (Å²) in [6, 6.07) is -0.587. The SMILES string of the molecule is Nc1nc2[nH]cc(CNCCOCCOCCOCCNC(=O)[C@@H]3CCCN3C(=O)C3C=Cc4c([nH]c(=O)oc4=O)C3)c2c(=O)[nH]1. The maximum absolute atomic E-state index is 13.2. The number of carbonyl (C=O) groups excluding carboxylic acids is 2. The Kier molecular flexibility index (Phi) is 11.1. The van der Waals surface area contributed by atoms with Gasteiger partial charge in [-0.15, -0.1) is 0 Å². The summed E-state index contributed by atoms with van der Waals surface area (Å²) in [4.78, 5) is 75.1. The van der Waals surface area contributed by atoms with Crippen molar-refractivity contribution in [2.24, 2.45) is 5.92 Å². The Morgan fingerprint density at radius 2 is 1.78 bits per heavy atom. The number of nitrogen functional groups attached to an aromatic ring is 1. The molecule has 0 spiro atoms. The molecule has 0 saturated carbocycles. The van der Waals surface area contributed by atoms with Gasteiger partial charge < -0.3 is 44.9 Å². The Labute approximate surface area is 261 Å². The number of H-pyrrole nitrogens is 3. The minimum atomic E-state index is -0.864. The van der Waals surface area contributed by atoms with Gasteiger partial charge in [0.1, 0.15) is 11.7 Å². The summed E-state index contributed by atoms with van der Waals surface area (Å²) in [6.07, 6.45) is 6.23. The fourth-order valence-corrected chi connectivity index (χ4v) is 5.53. The number of nitrogens with zero attached hydrogens (tertiary/aromatic N) is 2. The Morgan fingerprint density at radius 3 is 2.57 bits per heavy atom. The van der Waals surface area contributed by atoms with Crippen LogP contribution in [0, 0.1) is 5.92 Å². The molecule has 3 aromatic rings. The van der Waals surface area contributed by atoms with E-state index in [4.69, 9.17) is 19.9 Å². The predicted octanol–water partition coefficient (Wildman–Crippen LogP) is -1.39. The zero-order chi connectivity index (χ0) is 32.5. The van der Waals surface area contributed by atoms with Gasteiger partial charge in [0.15, 0.2) is 0 Å². The molecule has 1 aliphatic heterocycles. The lowest BCUT2D eigenvalue weighted by Crippen LogP contribution is -2.48. The molecule has 17 nitrogen and oxygen atoms in total. The number of amides is 2. The third-order valence-electron chi connectivity index (χ3n) is 7.73. The predicted molar refractivity (Wildman–Crippen MR) is 165 cm³/mol. The number of carbonyl (C=O) groups is 2. The molecule has 248 valence electrons. The number of nitrogens with one attached hydrogen (secondary N) is 5. The van der Waals surface area contributed by atoms with Crippen LogP contribution in [0.4, 0.5) is 5.95 Å². The van der Waals surface area contributed by atoms with Crippen LogP contribution in [-0.4, -0.2) is 102 Å². The van der Waals surface area contributed by atoms with E-state index in [2.05, 4.69) is 35.0 Å². The summed E-state index contributed by atoms with van der Waals surface area (Å²) < 4.78 is 21.1. The van der Waals surface area contributed by atoms with Crippen molar-refractivity contribution in [1.82, 2.24) is 35.5 Å². The van der Waals surface area contributed by atoms with E-state index in [1.807, 2.05) is 0 Å². The third-order valence-corrected chi connectivity index (χ3v) is 7.73. The first-order valence-electron chi connectivity index (χ1n) is 15.1. The van der Waals surface area contributed by atoms with Crippen molar-refractivity contribution in [3.8, 4) is 0 Å². The van der Waals surface area contributed by atoms with Gasteiger partial charge in [-0.3, -0.25) is 24.4 Å². The number of aromatic nitrogens is 4. The van der Waals surface area contributed by atoms with Crippen molar-refractivity contribution in [3.05, 3.63) is 60.4 Å². The van der Waals surface area contributed by atoms with Crippen LogP contribution < -0.4 is 33.3 Å². The number of likely N-dealkylation sites (tertiary alicyclic amines) is 1. The molecule has 1 fully saturated rings. The first-order chi connectivity index (χ1) is 22.3. The number of fused-ring (bicyclic) bond motifs is 2. The Balaban J connectivity index is 0.885. The van der Waals surface area contributed by atoms with E-state index in [0.717, 1.165) is 5.56 Å². The largest absolute Gasteiger partial charge is 0.419 e. The van der Waals surface area contributed by atoms with Gasteiger partial charge in [0.05, 0.1) is 56.5 Å². The molecular weight excluding hydrogens is 604 g/mol. The van der Waals surface area contributed by atoms with Crippen molar-refractivity contribution in [2.45, 2.75) is 31.8 Å². The van der Waals surface area contributed by atoms with Crippen LogP contribution in [0.15, 0.2) is 31.1 Å². The monoisotopic (exact) mass is 642 g/mol. The second-order valence-corrected chi connectivity index (χ2v) is 10.8. The van der Waals surface area contributed by atoms with E-state index in [1.165, 1.54) is 6.08 Å². The highest BCUT2D eigenvalue weighted by molar-refractivity contribution is 5.90. The maximum atomic E-state index is 13.2. The molecule has 5 rings (SSSR count). The van der Waals surface area contributed by atoms with Crippen LogP contribution in [0.25, 0.3) is 17.1 Å². The second-order valence-electron chi connectivity index (χ2n) is 10.8. The third kappa shape index (κ3) is 8.16. The van der Waals surface area contributed by atoms with Crippen LogP contribution in [-0.2, 0) is 36.8 Å². The van der Waals surface area contributed by atoms with E-state index >= 15 is 0 Å². The Bertz CT molecular complexity index is 1730. The lowest BCUT2D eigenvalue weighted by Gasteiger charge is -2.28. The molecule has 0 radical (unpaired) electrons. The van der Waals surface area contributed by atoms with Gasteiger partial charge in [-0.05, 0) is 24.5 Å². The lowest BCUT2D eigenvalue weighted by molar-refractivity contribution is -0.140. The molecule has 7 N–H and O–H groups in total. The van der Waals surface area contributed by atoms with E-state index in [9.17, 15) is 24.0 Å². The van der Waals surface area contributed by atoms with Crippen molar-refractivity contribution in [1.29, 1.82) is 0 Å². The molecule has 17 heteroatoms. The van der Waals surface area contributed by atoms with Gasteiger partial charge in [0, 0.05) is 44.5 Å². The summed E-state index contributed by atoms with van der Waals surface area (Å²) in [5, 5.41) is 6.53.